The lowest BCUT2D eigenvalue weighted by atomic mass is 10.0. The third-order valence-corrected chi connectivity index (χ3v) is 4.09. The van der Waals surface area contributed by atoms with Gasteiger partial charge < -0.3 is 10.4 Å². The number of carbonyl (C=O) groups excluding carboxylic acids is 1. The number of anilines is 1. The van der Waals surface area contributed by atoms with E-state index in [9.17, 15) is 9.59 Å². The minimum Gasteiger partial charge on any atom is -0.481 e. The molecule has 0 bridgehead atoms. The lowest BCUT2D eigenvalue weighted by Gasteiger charge is -2.12. The van der Waals surface area contributed by atoms with E-state index in [4.69, 9.17) is 5.11 Å². The molecular formula is C16H16N2O3. The molecule has 3 rings (SSSR count). The van der Waals surface area contributed by atoms with Gasteiger partial charge in [0.2, 0.25) is 5.91 Å². The second-order valence-electron chi connectivity index (χ2n) is 5.44. The number of aromatic nitrogens is 1. The minimum atomic E-state index is -0.804. The van der Waals surface area contributed by atoms with Gasteiger partial charge in [0.05, 0.1) is 5.92 Å². The molecule has 21 heavy (non-hydrogen) atoms. The number of benzene rings is 1. The zero-order valence-corrected chi connectivity index (χ0v) is 11.5. The number of carboxylic acids is 1. The number of hydrogen-bond acceptors (Lipinski definition) is 3. The quantitative estimate of drug-likeness (QED) is 0.908. The largest absolute Gasteiger partial charge is 0.481 e. The predicted molar refractivity (Wildman–Crippen MR) is 78.8 cm³/mol. The van der Waals surface area contributed by atoms with E-state index in [2.05, 4.69) is 10.3 Å². The van der Waals surface area contributed by atoms with E-state index in [1.807, 2.05) is 24.3 Å². The molecule has 1 saturated carbocycles. The van der Waals surface area contributed by atoms with E-state index in [1.54, 1.807) is 12.4 Å². The summed E-state index contributed by atoms with van der Waals surface area (Å²) in [7, 11) is 0. The Bertz CT molecular complexity index is 693. The zero-order chi connectivity index (χ0) is 14.8. The van der Waals surface area contributed by atoms with Crippen molar-refractivity contribution in [2.45, 2.75) is 19.3 Å². The highest BCUT2D eigenvalue weighted by Crippen LogP contribution is 2.32. The van der Waals surface area contributed by atoms with Crippen LogP contribution in [0.15, 0.2) is 36.7 Å². The number of fused-ring (bicyclic) bond motifs is 1. The summed E-state index contributed by atoms with van der Waals surface area (Å²) >= 11 is 0. The molecule has 0 radical (unpaired) electrons. The van der Waals surface area contributed by atoms with Crippen molar-refractivity contribution in [1.29, 1.82) is 0 Å². The number of pyridine rings is 1. The minimum absolute atomic E-state index is 0.0944. The molecule has 1 aromatic heterocycles. The highest BCUT2D eigenvalue weighted by Gasteiger charge is 2.33. The molecule has 0 aliphatic heterocycles. The lowest BCUT2D eigenvalue weighted by Crippen LogP contribution is -2.21. The summed E-state index contributed by atoms with van der Waals surface area (Å²) in [5.74, 6) is -1.51. The molecule has 2 aromatic rings. The molecule has 1 aliphatic rings. The number of carbonyl (C=O) groups is 2. The Balaban J connectivity index is 1.77. The number of rotatable bonds is 3. The predicted octanol–water partition coefficient (Wildman–Crippen LogP) is 2.67. The van der Waals surface area contributed by atoms with Crippen LogP contribution in [0.3, 0.4) is 0 Å². The van der Waals surface area contributed by atoms with E-state index < -0.39 is 11.9 Å². The first-order valence-electron chi connectivity index (χ1n) is 7.01. The highest BCUT2D eigenvalue weighted by atomic mass is 16.4. The summed E-state index contributed by atoms with van der Waals surface area (Å²) in [5.41, 5.74) is 0.749. The fourth-order valence-corrected chi connectivity index (χ4v) is 2.91. The Hall–Kier alpha value is -2.43. The van der Waals surface area contributed by atoms with Crippen molar-refractivity contribution in [2.24, 2.45) is 11.8 Å². The lowest BCUT2D eigenvalue weighted by molar-refractivity contribution is -0.141. The van der Waals surface area contributed by atoms with E-state index in [1.165, 1.54) is 0 Å². The van der Waals surface area contributed by atoms with Gasteiger partial charge in [0.25, 0.3) is 0 Å². The Morgan fingerprint density at radius 2 is 2.00 bits per heavy atom. The third-order valence-electron chi connectivity index (χ3n) is 4.09. The molecule has 5 heteroatoms. The molecule has 2 N–H and O–H groups in total. The third kappa shape index (κ3) is 2.72. The second-order valence-corrected chi connectivity index (χ2v) is 5.44. The first kappa shape index (κ1) is 13.5. The molecule has 108 valence electrons. The van der Waals surface area contributed by atoms with Crippen LogP contribution in [0.1, 0.15) is 19.3 Å². The van der Waals surface area contributed by atoms with Crippen LogP contribution in [0, 0.1) is 11.8 Å². The maximum Gasteiger partial charge on any atom is 0.306 e. The van der Waals surface area contributed by atoms with Crippen molar-refractivity contribution in [2.75, 3.05) is 5.32 Å². The van der Waals surface area contributed by atoms with Crippen molar-refractivity contribution >= 4 is 28.3 Å². The molecule has 0 spiro atoms. The normalized spacial score (nSPS) is 21.3. The molecule has 1 heterocycles. The van der Waals surface area contributed by atoms with E-state index in [0.717, 1.165) is 16.5 Å². The topological polar surface area (TPSA) is 79.3 Å². The summed E-state index contributed by atoms with van der Waals surface area (Å²) in [6.45, 7) is 0. The highest BCUT2D eigenvalue weighted by molar-refractivity contribution is 6.02. The van der Waals surface area contributed by atoms with Gasteiger partial charge in [-0.2, -0.15) is 0 Å². The number of carboxylic acid groups (broad SMARTS) is 1. The summed E-state index contributed by atoms with van der Waals surface area (Å²) in [6.07, 6.45) is 5.07. The molecule has 2 unspecified atom stereocenters. The van der Waals surface area contributed by atoms with E-state index in [0.29, 0.717) is 19.3 Å². The maximum absolute atomic E-state index is 12.3. The zero-order valence-electron chi connectivity index (χ0n) is 11.5. The van der Waals surface area contributed by atoms with Gasteiger partial charge in [0.15, 0.2) is 0 Å². The Morgan fingerprint density at radius 1 is 1.19 bits per heavy atom. The Morgan fingerprint density at radius 3 is 2.76 bits per heavy atom. The van der Waals surface area contributed by atoms with Crippen LogP contribution in [0.5, 0.6) is 0 Å². The van der Waals surface area contributed by atoms with Crippen LogP contribution in [-0.4, -0.2) is 22.0 Å². The molecular weight excluding hydrogens is 268 g/mol. The van der Waals surface area contributed by atoms with Gasteiger partial charge in [-0.25, -0.2) is 0 Å². The standard InChI is InChI=1S/C16H16N2O3/c19-15(10-4-5-11(8-10)16(20)21)18-14-3-1-2-12-9-17-7-6-13(12)14/h1-3,6-7,9-11H,4-5,8H2,(H,18,19)(H,20,21). The van der Waals surface area contributed by atoms with E-state index >= 15 is 0 Å². The number of hydrogen-bond donors (Lipinski definition) is 2. The smallest absolute Gasteiger partial charge is 0.306 e. The Labute approximate surface area is 122 Å². The van der Waals surface area contributed by atoms with Crippen LogP contribution in [-0.2, 0) is 9.59 Å². The average molecular weight is 284 g/mol. The van der Waals surface area contributed by atoms with Gasteiger partial charge in [-0.15, -0.1) is 0 Å². The number of nitrogens with zero attached hydrogens (tertiary/aromatic N) is 1. The summed E-state index contributed by atoms with van der Waals surface area (Å²) in [4.78, 5) is 27.3. The second kappa shape index (κ2) is 5.52. The number of nitrogens with one attached hydrogen (secondary N) is 1. The van der Waals surface area contributed by atoms with Gasteiger partial charge in [-0.1, -0.05) is 12.1 Å². The number of aliphatic carboxylic acids is 1. The number of amides is 1. The first-order chi connectivity index (χ1) is 10.1. The SMILES string of the molecule is O=C(O)C1CCC(C(=O)Nc2cccc3cnccc23)C1. The molecule has 1 aliphatic carbocycles. The van der Waals surface area contributed by atoms with Crippen molar-refractivity contribution in [3.63, 3.8) is 0 Å². The van der Waals surface area contributed by atoms with Gasteiger partial charge in [0.1, 0.15) is 0 Å². The van der Waals surface area contributed by atoms with Crippen molar-refractivity contribution in [3.8, 4) is 0 Å². The van der Waals surface area contributed by atoms with Crippen molar-refractivity contribution in [3.05, 3.63) is 36.7 Å². The van der Waals surface area contributed by atoms with Crippen LogP contribution < -0.4 is 5.32 Å². The van der Waals surface area contributed by atoms with Crippen molar-refractivity contribution in [1.82, 2.24) is 4.98 Å². The molecule has 2 atom stereocenters. The Kier molecular flexibility index (Phi) is 3.56. The fourth-order valence-electron chi connectivity index (χ4n) is 2.91. The van der Waals surface area contributed by atoms with Gasteiger partial charge in [-0.05, 0) is 31.4 Å². The van der Waals surface area contributed by atoms with Gasteiger partial charge in [0, 0.05) is 34.8 Å². The maximum atomic E-state index is 12.3. The fraction of sp³-hybridized carbons (Fsp3) is 0.312. The van der Waals surface area contributed by atoms with Gasteiger partial charge >= 0.3 is 5.97 Å². The van der Waals surface area contributed by atoms with Crippen LogP contribution in [0.4, 0.5) is 5.69 Å². The van der Waals surface area contributed by atoms with Crippen LogP contribution in [0.25, 0.3) is 10.8 Å². The van der Waals surface area contributed by atoms with Crippen molar-refractivity contribution < 1.29 is 14.7 Å². The monoisotopic (exact) mass is 284 g/mol. The van der Waals surface area contributed by atoms with Crippen LogP contribution >= 0.6 is 0 Å². The molecule has 5 nitrogen and oxygen atoms in total. The summed E-state index contributed by atoms with van der Waals surface area (Å²) < 4.78 is 0. The molecule has 0 saturated heterocycles. The summed E-state index contributed by atoms with van der Waals surface area (Å²) in [5, 5.41) is 13.8. The molecule has 1 amide bonds. The average Bonchev–Trinajstić information content (AvgIpc) is 2.98. The van der Waals surface area contributed by atoms with E-state index in [-0.39, 0.29) is 11.8 Å². The first-order valence-corrected chi connectivity index (χ1v) is 7.01. The molecule has 1 fully saturated rings. The molecule has 1 aromatic carbocycles. The van der Waals surface area contributed by atoms with Crippen LogP contribution in [0.2, 0.25) is 0 Å². The van der Waals surface area contributed by atoms with Gasteiger partial charge in [-0.3, -0.25) is 14.6 Å². The summed E-state index contributed by atoms with van der Waals surface area (Å²) in [6, 6.07) is 7.52.